The Labute approximate surface area is 156 Å². The van der Waals surface area contributed by atoms with Crippen molar-refractivity contribution in [3.05, 3.63) is 50.2 Å². The molecule has 0 fully saturated rings. The molecule has 1 aliphatic rings. The monoisotopic (exact) mass is 385 g/mol. The fraction of sp³-hybridized carbons (Fsp3) is 0.412. The molecule has 1 amide bonds. The maximum atomic E-state index is 12.9. The Balaban J connectivity index is 1.91. The summed E-state index contributed by atoms with van der Waals surface area (Å²) < 4.78 is 2.03. The van der Waals surface area contributed by atoms with Crippen LogP contribution in [0, 0.1) is 0 Å². The Morgan fingerprint density at radius 1 is 1.17 bits per heavy atom. The van der Waals surface area contributed by atoms with Crippen LogP contribution in [0.1, 0.15) is 42.4 Å². The van der Waals surface area contributed by atoms with E-state index in [0.717, 1.165) is 12.0 Å². The van der Waals surface area contributed by atoms with Crippen LogP contribution in [-0.4, -0.2) is 27.1 Å². The average Bonchev–Trinajstić information content (AvgIpc) is 2.94. The van der Waals surface area contributed by atoms with Gasteiger partial charge in [0.25, 0.3) is 5.91 Å². The lowest BCUT2D eigenvalue weighted by atomic mass is 10.0. The molecule has 1 aromatic carbocycles. The molecule has 0 bridgehead atoms. The second kappa shape index (κ2) is 6.25. The normalized spacial score (nSPS) is 14.7. The quantitative estimate of drug-likeness (QED) is 0.660. The molecule has 0 saturated heterocycles. The Hall–Kier alpha value is -1.23. The van der Waals surface area contributed by atoms with Gasteiger partial charge >= 0.3 is 0 Å². The fourth-order valence-electron chi connectivity index (χ4n) is 2.96. The molecule has 0 spiro atoms. The van der Waals surface area contributed by atoms with Gasteiger partial charge < -0.3 is 4.90 Å². The number of hydrogen-bond acceptors (Lipinski definition) is 2. The van der Waals surface area contributed by atoms with Gasteiger partial charge in [0.05, 0.1) is 32.4 Å². The van der Waals surface area contributed by atoms with Crippen LogP contribution in [0.3, 0.4) is 0 Å². The molecule has 4 nitrogen and oxygen atoms in total. The number of fused-ring (bicyclic) bond motifs is 1. The highest BCUT2D eigenvalue weighted by Crippen LogP contribution is 2.33. The van der Waals surface area contributed by atoms with Gasteiger partial charge in [-0.3, -0.25) is 9.48 Å². The van der Waals surface area contributed by atoms with Crippen molar-refractivity contribution in [2.45, 2.75) is 39.3 Å². The third-order valence-electron chi connectivity index (χ3n) is 4.12. The number of rotatable bonds is 1. The lowest BCUT2D eigenvalue weighted by molar-refractivity contribution is 0.0732. The lowest BCUT2D eigenvalue weighted by Gasteiger charge is -2.30. The Morgan fingerprint density at radius 3 is 2.50 bits per heavy atom. The predicted octanol–water partition coefficient (Wildman–Crippen LogP) is 4.80. The summed E-state index contributed by atoms with van der Waals surface area (Å²) in [4.78, 5) is 14.6. The minimum Gasteiger partial charge on any atom is -0.334 e. The van der Waals surface area contributed by atoms with Crippen molar-refractivity contribution < 1.29 is 4.79 Å². The number of benzene rings is 1. The fourth-order valence-corrected chi connectivity index (χ4v) is 3.65. The minimum absolute atomic E-state index is 0.0840. The highest BCUT2D eigenvalue weighted by atomic mass is 35.5. The van der Waals surface area contributed by atoms with E-state index in [-0.39, 0.29) is 22.0 Å². The second-order valence-corrected chi connectivity index (χ2v) is 8.09. The van der Waals surface area contributed by atoms with Crippen molar-refractivity contribution in [2.75, 3.05) is 6.54 Å². The lowest BCUT2D eigenvalue weighted by Crippen LogP contribution is -2.37. The summed E-state index contributed by atoms with van der Waals surface area (Å²) in [5, 5.41) is 5.32. The van der Waals surface area contributed by atoms with E-state index in [1.54, 1.807) is 17.0 Å². The van der Waals surface area contributed by atoms with Crippen LogP contribution in [0.4, 0.5) is 0 Å². The molecule has 0 radical (unpaired) electrons. The molecule has 3 rings (SSSR count). The first-order valence-electron chi connectivity index (χ1n) is 7.69. The van der Waals surface area contributed by atoms with Gasteiger partial charge in [0.1, 0.15) is 0 Å². The van der Waals surface area contributed by atoms with Crippen LogP contribution in [-0.2, 0) is 18.5 Å². The number of amides is 1. The topological polar surface area (TPSA) is 38.1 Å². The smallest absolute Gasteiger partial charge is 0.257 e. The number of carbonyl (C=O) groups is 1. The van der Waals surface area contributed by atoms with Gasteiger partial charge in [0.15, 0.2) is 0 Å². The molecular weight excluding hydrogens is 369 g/mol. The standard InChI is InChI=1S/C17H18Cl3N3O/c1-17(2,3)23-13-6-7-22(9-10(13)8-21-23)16(24)14-11(18)4-5-12(19)15(14)20/h4-5,8H,6-7,9H2,1-3H3. The van der Waals surface area contributed by atoms with E-state index in [1.807, 2.05) is 10.9 Å². The Bertz CT molecular complexity index is 808. The molecule has 1 aromatic heterocycles. The summed E-state index contributed by atoms with van der Waals surface area (Å²) in [7, 11) is 0. The largest absolute Gasteiger partial charge is 0.334 e. The number of carbonyl (C=O) groups excluding carboxylic acids is 1. The molecule has 2 aromatic rings. The van der Waals surface area contributed by atoms with Gasteiger partial charge in [-0.1, -0.05) is 34.8 Å². The van der Waals surface area contributed by atoms with Crippen LogP contribution in [0.25, 0.3) is 0 Å². The molecule has 0 N–H and O–H groups in total. The van der Waals surface area contributed by atoms with Crippen LogP contribution < -0.4 is 0 Å². The number of aromatic nitrogens is 2. The highest BCUT2D eigenvalue weighted by Gasteiger charge is 2.30. The molecule has 24 heavy (non-hydrogen) atoms. The molecule has 1 aliphatic heterocycles. The van der Waals surface area contributed by atoms with Gasteiger partial charge in [0, 0.05) is 30.8 Å². The van der Waals surface area contributed by atoms with Crippen molar-refractivity contribution in [3.8, 4) is 0 Å². The van der Waals surface area contributed by atoms with Gasteiger partial charge in [-0.05, 0) is 32.9 Å². The summed E-state index contributed by atoms with van der Waals surface area (Å²) in [5.41, 5.74) is 2.41. The van der Waals surface area contributed by atoms with Gasteiger partial charge in [-0.2, -0.15) is 5.10 Å². The van der Waals surface area contributed by atoms with Crippen molar-refractivity contribution in [1.29, 1.82) is 0 Å². The van der Waals surface area contributed by atoms with Crippen molar-refractivity contribution in [3.63, 3.8) is 0 Å². The summed E-state index contributed by atoms with van der Waals surface area (Å²) in [5.74, 6) is -0.207. The molecule has 7 heteroatoms. The molecule has 128 valence electrons. The van der Waals surface area contributed by atoms with Crippen LogP contribution in [0.5, 0.6) is 0 Å². The van der Waals surface area contributed by atoms with Crippen LogP contribution in [0.2, 0.25) is 15.1 Å². The van der Waals surface area contributed by atoms with E-state index in [2.05, 4.69) is 25.9 Å². The number of halogens is 3. The van der Waals surface area contributed by atoms with Gasteiger partial charge in [-0.25, -0.2) is 0 Å². The Morgan fingerprint density at radius 2 is 1.83 bits per heavy atom. The zero-order valence-electron chi connectivity index (χ0n) is 13.7. The molecular formula is C17H18Cl3N3O. The van der Waals surface area contributed by atoms with E-state index < -0.39 is 0 Å². The van der Waals surface area contributed by atoms with Gasteiger partial charge in [-0.15, -0.1) is 0 Å². The van der Waals surface area contributed by atoms with E-state index in [9.17, 15) is 4.79 Å². The summed E-state index contributed by atoms with van der Waals surface area (Å²) >= 11 is 18.4. The predicted molar refractivity (Wildman–Crippen MR) is 97.1 cm³/mol. The summed E-state index contributed by atoms with van der Waals surface area (Å²) in [6.45, 7) is 7.42. The maximum absolute atomic E-state index is 12.9. The van der Waals surface area contributed by atoms with Crippen molar-refractivity contribution >= 4 is 40.7 Å². The van der Waals surface area contributed by atoms with Gasteiger partial charge in [0.2, 0.25) is 0 Å². The number of nitrogens with zero attached hydrogens (tertiary/aromatic N) is 3. The number of hydrogen-bond donors (Lipinski definition) is 0. The third kappa shape index (κ3) is 3.03. The maximum Gasteiger partial charge on any atom is 0.257 e. The van der Waals surface area contributed by atoms with E-state index >= 15 is 0 Å². The summed E-state index contributed by atoms with van der Waals surface area (Å²) in [6, 6.07) is 3.18. The first-order chi connectivity index (χ1) is 11.2. The molecule has 0 atom stereocenters. The van der Waals surface area contributed by atoms with Crippen molar-refractivity contribution in [1.82, 2.24) is 14.7 Å². The first-order valence-corrected chi connectivity index (χ1v) is 8.82. The molecule has 0 aliphatic carbocycles. The van der Waals surface area contributed by atoms with Crippen LogP contribution >= 0.6 is 34.8 Å². The van der Waals surface area contributed by atoms with Crippen LogP contribution in [0.15, 0.2) is 18.3 Å². The Kier molecular flexibility index (Phi) is 4.58. The summed E-state index contributed by atoms with van der Waals surface area (Å²) in [6.07, 6.45) is 2.58. The molecule has 0 unspecified atom stereocenters. The zero-order chi connectivity index (χ0) is 17.6. The van der Waals surface area contributed by atoms with E-state index in [4.69, 9.17) is 34.8 Å². The van der Waals surface area contributed by atoms with E-state index in [1.165, 1.54) is 5.69 Å². The highest BCUT2D eigenvalue weighted by molar-refractivity contribution is 6.46. The van der Waals surface area contributed by atoms with Crippen molar-refractivity contribution in [2.24, 2.45) is 0 Å². The second-order valence-electron chi connectivity index (χ2n) is 6.89. The average molecular weight is 387 g/mol. The first kappa shape index (κ1) is 17.6. The van der Waals surface area contributed by atoms with E-state index in [0.29, 0.717) is 23.1 Å². The SMILES string of the molecule is CC(C)(C)n1ncc2c1CCN(C(=O)c1c(Cl)ccc(Cl)c1Cl)C2. The minimum atomic E-state index is -0.207. The molecule has 0 saturated carbocycles. The third-order valence-corrected chi connectivity index (χ3v) is 5.23. The zero-order valence-corrected chi connectivity index (χ0v) is 16.0. The molecule has 2 heterocycles.